The zero-order valence-corrected chi connectivity index (χ0v) is 11.3. The highest BCUT2D eigenvalue weighted by Crippen LogP contribution is 2.26. The van der Waals surface area contributed by atoms with Gasteiger partial charge in [0, 0.05) is 12.1 Å². The number of amides is 1. The molecule has 0 aromatic rings. The number of rotatable bonds is 4. The lowest BCUT2D eigenvalue weighted by Gasteiger charge is -2.22. The van der Waals surface area contributed by atoms with Crippen LogP contribution >= 0.6 is 11.6 Å². The summed E-state index contributed by atoms with van der Waals surface area (Å²) in [5.41, 5.74) is 0. The summed E-state index contributed by atoms with van der Waals surface area (Å²) in [5.74, 6) is -2.28. The maximum atomic E-state index is 12.1. The van der Waals surface area contributed by atoms with Gasteiger partial charge in [-0.3, -0.25) is 4.79 Å². The molecule has 0 N–H and O–H groups in total. The molecule has 0 saturated heterocycles. The molecule has 0 aliphatic heterocycles. The van der Waals surface area contributed by atoms with E-state index in [1.165, 1.54) is 6.92 Å². The second kappa shape index (κ2) is 5.89. The lowest BCUT2D eigenvalue weighted by molar-refractivity contribution is -0.169. The summed E-state index contributed by atoms with van der Waals surface area (Å²) in [4.78, 5) is 10.7. The average Bonchev–Trinajstić information content (AvgIpc) is 2.23. The topological polar surface area (TPSA) is 70.3 Å². The van der Waals surface area contributed by atoms with Crippen LogP contribution in [-0.4, -0.2) is 33.2 Å². The zero-order valence-electron chi connectivity index (χ0n) is 9.75. The van der Waals surface area contributed by atoms with Gasteiger partial charge in [0.2, 0.25) is 0 Å². The van der Waals surface area contributed by atoms with E-state index in [4.69, 9.17) is 16.9 Å². The minimum absolute atomic E-state index is 0.00301. The van der Waals surface area contributed by atoms with Gasteiger partial charge < -0.3 is 0 Å². The van der Waals surface area contributed by atoms with E-state index in [0.29, 0.717) is 0 Å². The summed E-state index contributed by atoms with van der Waals surface area (Å²) in [5, 5.41) is 8.94. The van der Waals surface area contributed by atoms with Crippen molar-refractivity contribution in [3.8, 4) is 6.07 Å². The van der Waals surface area contributed by atoms with Gasteiger partial charge in [0.05, 0.1) is 15.8 Å². The summed E-state index contributed by atoms with van der Waals surface area (Å²) in [7, 11) is -3.64. The normalized spacial score (nSPS) is 18.3. The molecule has 0 heterocycles. The molecule has 9 heteroatoms. The second-order valence-electron chi connectivity index (χ2n) is 3.83. The maximum Gasteiger partial charge on any atom is 0.474 e. The Morgan fingerprint density at radius 2 is 2.00 bits per heavy atom. The Labute approximate surface area is 108 Å². The second-order valence-corrected chi connectivity index (χ2v) is 6.90. The van der Waals surface area contributed by atoms with Crippen LogP contribution in [0.3, 0.4) is 0 Å². The Morgan fingerprint density at radius 1 is 1.50 bits per heavy atom. The Bertz CT molecular complexity index is 477. The van der Waals surface area contributed by atoms with E-state index in [-0.39, 0.29) is 18.7 Å². The minimum atomic E-state index is -5.19. The van der Waals surface area contributed by atoms with Crippen LogP contribution in [-0.2, 0) is 14.5 Å². The van der Waals surface area contributed by atoms with E-state index in [1.807, 2.05) is 0 Å². The van der Waals surface area contributed by atoms with Crippen LogP contribution < -0.4 is 0 Å². The zero-order chi connectivity index (χ0) is 14.6. The number of nitriles is 1. The average molecular weight is 305 g/mol. The molecule has 0 aromatic heterocycles. The number of carbonyl (C=O) groups excluding carboxylic acids is 1. The fourth-order valence-electron chi connectivity index (χ4n) is 1.04. The standard InChI is InChI=1S/C9H12ClF3N2O2S/c1-8(6-14,4-3-5-10)18(2,17)15-7(16)9(11,12)13/h3-5H2,1-2H3. The predicted molar refractivity (Wildman–Crippen MR) is 61.5 cm³/mol. The molecule has 0 fully saturated rings. The van der Waals surface area contributed by atoms with Crippen LogP contribution in [0.1, 0.15) is 19.8 Å². The van der Waals surface area contributed by atoms with Crippen LogP contribution in [0.5, 0.6) is 0 Å². The van der Waals surface area contributed by atoms with Gasteiger partial charge in [-0.25, -0.2) is 4.21 Å². The van der Waals surface area contributed by atoms with Crippen molar-refractivity contribution < 1.29 is 22.2 Å². The largest absolute Gasteiger partial charge is 0.474 e. The van der Waals surface area contributed by atoms with Gasteiger partial charge in [0.1, 0.15) is 4.75 Å². The monoisotopic (exact) mass is 304 g/mol. The van der Waals surface area contributed by atoms with E-state index < -0.39 is 26.6 Å². The molecule has 18 heavy (non-hydrogen) atoms. The highest BCUT2D eigenvalue weighted by molar-refractivity contribution is 7.94. The number of hydrogen-bond donors (Lipinski definition) is 0. The maximum absolute atomic E-state index is 12.1. The SMILES string of the molecule is CC(C#N)(CCCCl)S(C)(=O)=NC(=O)C(F)(F)F. The van der Waals surface area contributed by atoms with E-state index >= 15 is 0 Å². The first-order chi connectivity index (χ1) is 8.00. The molecule has 0 saturated carbocycles. The van der Waals surface area contributed by atoms with Crippen molar-refractivity contribution in [1.29, 1.82) is 5.26 Å². The van der Waals surface area contributed by atoms with Gasteiger partial charge in [-0.05, 0) is 19.8 Å². The van der Waals surface area contributed by atoms with E-state index in [1.54, 1.807) is 6.07 Å². The molecule has 0 aromatic carbocycles. The minimum Gasteiger partial charge on any atom is -0.261 e. The lowest BCUT2D eigenvalue weighted by atomic mass is 10.1. The molecule has 104 valence electrons. The van der Waals surface area contributed by atoms with E-state index in [2.05, 4.69) is 4.36 Å². The fourth-order valence-corrected chi connectivity index (χ4v) is 2.49. The molecule has 0 aliphatic rings. The van der Waals surface area contributed by atoms with Crippen molar-refractivity contribution in [2.24, 2.45) is 4.36 Å². The Balaban J connectivity index is 5.48. The van der Waals surface area contributed by atoms with Crippen LogP contribution in [0.4, 0.5) is 13.2 Å². The van der Waals surface area contributed by atoms with Crippen molar-refractivity contribution in [3.05, 3.63) is 0 Å². The number of nitrogens with zero attached hydrogens (tertiary/aromatic N) is 2. The van der Waals surface area contributed by atoms with Crippen LogP contribution in [0.25, 0.3) is 0 Å². The molecule has 0 rings (SSSR count). The van der Waals surface area contributed by atoms with E-state index in [0.717, 1.165) is 6.26 Å². The van der Waals surface area contributed by atoms with Crippen molar-refractivity contribution in [2.45, 2.75) is 30.7 Å². The number of hydrogen-bond acceptors (Lipinski definition) is 3. The highest BCUT2D eigenvalue weighted by Gasteiger charge is 2.42. The first-order valence-corrected chi connectivity index (χ1v) is 7.26. The third kappa shape index (κ3) is 4.14. The Kier molecular flexibility index (Phi) is 5.62. The molecule has 4 nitrogen and oxygen atoms in total. The van der Waals surface area contributed by atoms with Crippen molar-refractivity contribution in [2.75, 3.05) is 12.1 Å². The molecule has 1 amide bonds. The number of halogens is 4. The van der Waals surface area contributed by atoms with Gasteiger partial charge >= 0.3 is 12.1 Å². The van der Waals surface area contributed by atoms with Gasteiger partial charge in [0.15, 0.2) is 0 Å². The first kappa shape index (κ1) is 17.2. The quantitative estimate of drug-likeness (QED) is 0.749. The number of alkyl halides is 4. The van der Waals surface area contributed by atoms with Gasteiger partial charge in [-0.2, -0.15) is 22.8 Å². The number of carbonyl (C=O) groups is 1. The van der Waals surface area contributed by atoms with Crippen molar-refractivity contribution >= 4 is 27.2 Å². The summed E-state index contributed by atoms with van der Waals surface area (Å²) >= 11 is 5.41. The Hall–Kier alpha value is -0.810. The molecule has 0 bridgehead atoms. The van der Waals surface area contributed by atoms with Crippen molar-refractivity contribution in [3.63, 3.8) is 0 Å². The molecule has 0 radical (unpaired) electrons. The van der Waals surface area contributed by atoms with Crippen molar-refractivity contribution in [1.82, 2.24) is 0 Å². The van der Waals surface area contributed by atoms with Crippen LogP contribution in [0, 0.1) is 11.3 Å². The molecule has 2 atom stereocenters. The summed E-state index contributed by atoms with van der Waals surface area (Å²) in [6.07, 6.45) is -4.04. The van der Waals surface area contributed by atoms with Crippen LogP contribution in [0.15, 0.2) is 4.36 Å². The molecule has 0 aliphatic carbocycles. The summed E-state index contributed by atoms with van der Waals surface area (Å²) in [6, 6.07) is 1.66. The third-order valence-corrected chi connectivity index (χ3v) is 5.11. The van der Waals surface area contributed by atoms with Gasteiger partial charge in [0.25, 0.3) is 0 Å². The van der Waals surface area contributed by atoms with Gasteiger partial charge in [-0.15, -0.1) is 11.6 Å². The lowest BCUT2D eigenvalue weighted by Crippen LogP contribution is -2.35. The Morgan fingerprint density at radius 3 is 2.33 bits per heavy atom. The fraction of sp³-hybridized carbons (Fsp3) is 0.778. The summed E-state index contributed by atoms with van der Waals surface area (Å²) < 4.78 is 49.2. The first-order valence-electron chi connectivity index (χ1n) is 4.80. The van der Waals surface area contributed by atoms with Gasteiger partial charge in [-0.1, -0.05) is 0 Å². The van der Waals surface area contributed by atoms with Crippen LogP contribution in [0.2, 0.25) is 0 Å². The third-order valence-electron chi connectivity index (χ3n) is 2.36. The predicted octanol–water partition coefficient (Wildman–Crippen LogP) is 2.47. The summed E-state index contributed by atoms with van der Waals surface area (Å²) in [6.45, 7) is 1.20. The molecular weight excluding hydrogens is 293 g/mol. The van der Waals surface area contributed by atoms with E-state index in [9.17, 15) is 22.2 Å². The molecular formula is C9H12ClF3N2O2S. The smallest absolute Gasteiger partial charge is 0.261 e. The molecule has 0 spiro atoms. The highest BCUT2D eigenvalue weighted by atomic mass is 35.5. The molecule has 2 unspecified atom stereocenters.